The van der Waals surface area contributed by atoms with Gasteiger partial charge in [0, 0.05) is 0 Å². The highest BCUT2D eigenvalue weighted by Crippen LogP contribution is 2.30. The van der Waals surface area contributed by atoms with E-state index in [-0.39, 0.29) is 28.9 Å². The van der Waals surface area contributed by atoms with Crippen molar-refractivity contribution in [1.82, 2.24) is 10.2 Å². The highest BCUT2D eigenvalue weighted by molar-refractivity contribution is 6.47. The van der Waals surface area contributed by atoms with Gasteiger partial charge in [0.15, 0.2) is 0 Å². The zero-order valence-electron chi connectivity index (χ0n) is 15.0. The zero-order chi connectivity index (χ0) is 20.7. The molecule has 1 atom stereocenters. The second kappa shape index (κ2) is 7.06. The van der Waals surface area contributed by atoms with Crippen LogP contribution in [-0.2, 0) is 11.2 Å². The third-order valence-corrected chi connectivity index (χ3v) is 4.88. The number of nitrogens with zero attached hydrogens (tertiary/aromatic N) is 1. The Kier molecular flexibility index (Phi) is 4.55. The normalized spacial score (nSPS) is 17.5. The predicted octanol–water partition coefficient (Wildman–Crippen LogP) is 0.120. The van der Waals surface area contributed by atoms with E-state index in [4.69, 9.17) is 4.65 Å². The summed E-state index contributed by atoms with van der Waals surface area (Å²) in [6.07, 6.45) is 0.130. The fraction of sp³-hybridized carbons (Fsp3) is 0.158. The first-order valence-electron chi connectivity index (χ1n) is 8.81. The summed E-state index contributed by atoms with van der Waals surface area (Å²) < 4.78 is 5.31. The van der Waals surface area contributed by atoms with E-state index in [0.29, 0.717) is 5.56 Å². The first kappa shape index (κ1) is 18.7. The molecule has 0 fully saturated rings. The molecule has 1 unspecified atom stereocenters. The lowest BCUT2D eigenvalue weighted by atomic mass is 9.72. The molecule has 0 aliphatic carbocycles. The fourth-order valence-corrected chi connectivity index (χ4v) is 3.49. The molecule has 3 N–H and O–H groups in total. The number of carbonyl (C=O) groups is 4. The molecule has 0 spiro atoms. The Bertz CT molecular complexity index is 1020. The number of rotatable bonds is 4. The van der Waals surface area contributed by atoms with Crippen LogP contribution >= 0.6 is 0 Å². The molecule has 3 amide bonds. The second-order valence-electron chi connectivity index (χ2n) is 6.73. The number of hydrogen-bond acceptors (Lipinski definition) is 6. The van der Waals surface area contributed by atoms with Crippen LogP contribution in [-0.4, -0.2) is 58.3 Å². The third-order valence-electron chi connectivity index (χ3n) is 4.88. The summed E-state index contributed by atoms with van der Waals surface area (Å²) in [4.78, 5) is 49.3. The molecule has 9 nitrogen and oxygen atoms in total. The van der Waals surface area contributed by atoms with Crippen LogP contribution < -0.4 is 9.97 Å². The van der Waals surface area contributed by atoms with Gasteiger partial charge in [-0.3, -0.25) is 19.3 Å². The lowest BCUT2D eigenvalue weighted by Crippen LogP contribution is -2.55. The number of carbonyl (C=O) groups excluding carboxylic acids is 3. The molecular formula is C19H15BN2O7. The highest BCUT2D eigenvalue weighted by atomic mass is 16.5. The summed E-state index contributed by atoms with van der Waals surface area (Å²) >= 11 is 0. The van der Waals surface area contributed by atoms with Crippen LogP contribution in [0.5, 0.6) is 5.75 Å². The Morgan fingerprint density at radius 1 is 1.10 bits per heavy atom. The van der Waals surface area contributed by atoms with Crippen LogP contribution in [0.25, 0.3) is 0 Å². The molecule has 2 aliphatic rings. The van der Waals surface area contributed by atoms with E-state index >= 15 is 0 Å². The smallest absolute Gasteiger partial charge is 0.534 e. The fourth-order valence-electron chi connectivity index (χ4n) is 3.49. The molecule has 0 saturated heterocycles. The molecule has 10 heteroatoms. The molecule has 2 aromatic carbocycles. The molecule has 2 aliphatic heterocycles. The number of carboxylic acid groups (broad SMARTS) is 1. The van der Waals surface area contributed by atoms with Crippen molar-refractivity contribution in [2.75, 3.05) is 6.54 Å². The molecule has 146 valence electrons. The molecule has 0 radical (unpaired) electrons. The number of aromatic carboxylic acids is 1. The van der Waals surface area contributed by atoms with E-state index < -0.39 is 43.3 Å². The topological polar surface area (TPSA) is 133 Å². The van der Waals surface area contributed by atoms with Crippen LogP contribution in [0.4, 0.5) is 0 Å². The van der Waals surface area contributed by atoms with E-state index in [2.05, 4.69) is 5.32 Å². The summed E-state index contributed by atoms with van der Waals surface area (Å²) in [5, 5.41) is 22.0. The third kappa shape index (κ3) is 3.23. The van der Waals surface area contributed by atoms with Gasteiger partial charge in [0.2, 0.25) is 5.91 Å². The Morgan fingerprint density at radius 2 is 1.76 bits per heavy atom. The van der Waals surface area contributed by atoms with Crippen molar-refractivity contribution in [2.24, 2.45) is 0 Å². The van der Waals surface area contributed by atoms with Gasteiger partial charge in [-0.2, -0.15) is 0 Å². The van der Waals surface area contributed by atoms with Crippen LogP contribution in [0.2, 0.25) is 0 Å². The minimum absolute atomic E-state index is 0.0540. The van der Waals surface area contributed by atoms with Crippen molar-refractivity contribution >= 4 is 30.8 Å². The van der Waals surface area contributed by atoms with Crippen molar-refractivity contribution in [2.45, 2.75) is 12.4 Å². The van der Waals surface area contributed by atoms with Gasteiger partial charge in [0.1, 0.15) is 12.3 Å². The maximum atomic E-state index is 12.4. The molecular weight excluding hydrogens is 379 g/mol. The van der Waals surface area contributed by atoms with Crippen molar-refractivity contribution in [3.63, 3.8) is 0 Å². The molecule has 0 aromatic heterocycles. The minimum Gasteiger partial charge on any atom is -0.534 e. The van der Waals surface area contributed by atoms with Gasteiger partial charge in [-0.15, -0.1) is 0 Å². The summed E-state index contributed by atoms with van der Waals surface area (Å²) in [6, 6.07) is 10.8. The second-order valence-corrected chi connectivity index (χ2v) is 6.73. The zero-order valence-corrected chi connectivity index (χ0v) is 15.0. The average Bonchev–Trinajstić information content (AvgIpc) is 2.93. The molecule has 4 rings (SSSR count). The minimum atomic E-state index is -1.48. The molecule has 0 bridgehead atoms. The first-order valence-corrected chi connectivity index (χ1v) is 8.81. The summed E-state index contributed by atoms with van der Waals surface area (Å²) in [6.45, 7) is -0.502. The van der Waals surface area contributed by atoms with Gasteiger partial charge in [0.25, 0.3) is 11.8 Å². The largest absolute Gasteiger partial charge is 0.547 e. The maximum Gasteiger partial charge on any atom is 0.547 e. The van der Waals surface area contributed by atoms with Crippen LogP contribution in [0.1, 0.15) is 36.6 Å². The van der Waals surface area contributed by atoms with Gasteiger partial charge >= 0.3 is 13.1 Å². The van der Waals surface area contributed by atoms with Gasteiger partial charge in [0.05, 0.1) is 22.6 Å². The number of amides is 3. The number of para-hydroxylation sites is 1. The van der Waals surface area contributed by atoms with Crippen molar-refractivity contribution in [3.8, 4) is 5.75 Å². The Hall–Kier alpha value is -3.66. The number of hydrogen-bond donors (Lipinski definition) is 3. The summed E-state index contributed by atoms with van der Waals surface area (Å²) in [7, 11) is -1.48. The van der Waals surface area contributed by atoms with Gasteiger partial charge in [-0.05, 0) is 30.2 Å². The van der Waals surface area contributed by atoms with E-state index in [1.165, 1.54) is 18.2 Å². The van der Waals surface area contributed by atoms with E-state index in [9.17, 15) is 29.3 Å². The van der Waals surface area contributed by atoms with Crippen LogP contribution in [0.15, 0.2) is 42.5 Å². The van der Waals surface area contributed by atoms with Crippen LogP contribution in [0, 0.1) is 0 Å². The quantitative estimate of drug-likeness (QED) is 0.496. The van der Waals surface area contributed by atoms with Gasteiger partial charge < -0.3 is 20.1 Å². The standard InChI is InChI=1S/C19H15BN2O7/c23-15(9-22-17(24)11-5-1-2-6-12(11)18(22)25)21-14-8-10-4-3-7-13(19(26)27)16(10)29-20(14)28/h1-7,14,28H,8-9H2,(H,21,23)(H,26,27). The average molecular weight is 394 g/mol. The van der Waals surface area contributed by atoms with Crippen LogP contribution in [0.3, 0.4) is 0 Å². The lowest BCUT2D eigenvalue weighted by molar-refractivity contribution is -0.121. The van der Waals surface area contributed by atoms with Crippen molar-refractivity contribution < 1.29 is 34.0 Å². The number of imide groups is 1. The van der Waals surface area contributed by atoms with Gasteiger partial charge in [-0.1, -0.05) is 24.3 Å². The Morgan fingerprint density at radius 3 is 2.38 bits per heavy atom. The first-order chi connectivity index (χ1) is 13.9. The SMILES string of the molecule is O=C(CN1C(=O)c2ccccc2C1=O)NC1Cc2cccc(C(=O)O)c2OB1O. The van der Waals surface area contributed by atoms with E-state index in [1.54, 1.807) is 24.3 Å². The van der Waals surface area contributed by atoms with Crippen molar-refractivity contribution in [1.29, 1.82) is 0 Å². The Balaban J connectivity index is 1.46. The molecule has 2 heterocycles. The summed E-state index contributed by atoms with van der Waals surface area (Å²) in [5.41, 5.74) is 0.904. The molecule has 0 saturated carbocycles. The number of fused-ring (bicyclic) bond motifs is 2. The maximum absolute atomic E-state index is 12.4. The lowest BCUT2D eigenvalue weighted by Gasteiger charge is -2.29. The van der Waals surface area contributed by atoms with E-state index in [0.717, 1.165) is 4.90 Å². The van der Waals surface area contributed by atoms with E-state index in [1.807, 2.05) is 0 Å². The predicted molar refractivity (Wildman–Crippen MR) is 99.4 cm³/mol. The summed E-state index contributed by atoms with van der Waals surface area (Å²) in [5.74, 6) is -3.77. The number of carboxylic acids is 1. The van der Waals surface area contributed by atoms with Crippen molar-refractivity contribution in [3.05, 3.63) is 64.7 Å². The van der Waals surface area contributed by atoms with Gasteiger partial charge in [-0.25, -0.2) is 4.79 Å². The monoisotopic (exact) mass is 394 g/mol. The molecule has 29 heavy (non-hydrogen) atoms. The Labute approximate surface area is 165 Å². The molecule has 2 aromatic rings. The number of benzene rings is 2. The number of nitrogens with one attached hydrogen (secondary N) is 1. The highest BCUT2D eigenvalue weighted by Gasteiger charge is 2.40.